The Bertz CT molecular complexity index is 854. The van der Waals surface area contributed by atoms with Gasteiger partial charge in [0.2, 0.25) is 11.8 Å². The predicted octanol–water partition coefficient (Wildman–Crippen LogP) is 2.78. The van der Waals surface area contributed by atoms with Crippen molar-refractivity contribution in [3.8, 4) is 5.75 Å². The van der Waals surface area contributed by atoms with Crippen LogP contribution in [-0.2, 0) is 14.3 Å². The highest BCUT2D eigenvalue weighted by molar-refractivity contribution is 6.00. The van der Waals surface area contributed by atoms with E-state index in [0.717, 1.165) is 12.8 Å². The van der Waals surface area contributed by atoms with Gasteiger partial charge in [-0.3, -0.25) is 14.4 Å². The predicted molar refractivity (Wildman–Crippen MR) is 122 cm³/mol. The highest BCUT2D eigenvalue weighted by Crippen LogP contribution is 2.31. The number of hydrogen-bond acceptors (Lipinski definition) is 5. The van der Waals surface area contributed by atoms with Crippen LogP contribution < -0.4 is 10.1 Å². The van der Waals surface area contributed by atoms with Crippen LogP contribution in [0.15, 0.2) is 18.2 Å². The summed E-state index contributed by atoms with van der Waals surface area (Å²) in [6.45, 7) is 6.98. The van der Waals surface area contributed by atoms with Gasteiger partial charge in [0.25, 0.3) is 5.91 Å². The first-order valence-corrected chi connectivity index (χ1v) is 11.4. The van der Waals surface area contributed by atoms with E-state index in [4.69, 9.17) is 9.47 Å². The molecule has 2 aliphatic rings. The van der Waals surface area contributed by atoms with Gasteiger partial charge in [0.15, 0.2) is 0 Å². The Morgan fingerprint density at radius 1 is 1.22 bits per heavy atom. The number of ether oxygens (including phenoxy) is 2. The Kier molecular flexibility index (Phi) is 7.77. The molecule has 1 aliphatic heterocycles. The first kappa shape index (κ1) is 24.0. The lowest BCUT2D eigenvalue weighted by atomic mass is 10.0. The minimum Gasteiger partial charge on any atom is -0.491 e. The number of carbonyl (C=O) groups is 3. The molecule has 3 amide bonds. The normalized spacial score (nSPS) is 24.7. The number of rotatable bonds is 4. The summed E-state index contributed by atoms with van der Waals surface area (Å²) in [5, 5.41) is 2.90. The van der Waals surface area contributed by atoms with Gasteiger partial charge in [-0.25, -0.2) is 0 Å². The molecule has 1 fully saturated rings. The highest BCUT2D eigenvalue weighted by atomic mass is 16.5. The van der Waals surface area contributed by atoms with Crippen LogP contribution in [0.25, 0.3) is 0 Å². The number of likely N-dealkylation sites (N-methyl/N-ethyl adjacent to an activating group) is 1. The molecule has 3 atom stereocenters. The second-order valence-corrected chi connectivity index (χ2v) is 8.97. The molecule has 1 aliphatic carbocycles. The number of amides is 3. The molecule has 1 heterocycles. The zero-order valence-corrected chi connectivity index (χ0v) is 19.7. The lowest BCUT2D eigenvalue weighted by Gasteiger charge is -2.36. The van der Waals surface area contributed by atoms with Gasteiger partial charge in [-0.15, -0.1) is 0 Å². The number of anilines is 1. The van der Waals surface area contributed by atoms with Gasteiger partial charge in [0, 0.05) is 51.2 Å². The van der Waals surface area contributed by atoms with Gasteiger partial charge in [-0.05, 0) is 38.0 Å². The summed E-state index contributed by atoms with van der Waals surface area (Å²) in [5.74, 6) is 0.364. The van der Waals surface area contributed by atoms with Crippen molar-refractivity contribution in [1.29, 1.82) is 0 Å². The van der Waals surface area contributed by atoms with Gasteiger partial charge >= 0.3 is 0 Å². The average Bonchev–Trinajstić information content (AvgIpc) is 3.63. The molecule has 0 bridgehead atoms. The smallest absolute Gasteiger partial charge is 0.257 e. The standard InChI is InChI=1S/C24H35N3O5/c1-6-22(28)27-12-15(2)21(31-5)13-26(4)24(30)19-11-18(25-23(29)17-7-8-17)9-10-20(19)32-14-16(27)3/h9-11,15-17,21H,6-8,12-14H2,1-5H3,(H,25,29)/t15-,16-,21+/m0/s1. The summed E-state index contributed by atoms with van der Waals surface area (Å²) in [7, 11) is 3.35. The number of benzene rings is 1. The van der Waals surface area contributed by atoms with Gasteiger partial charge in [-0.1, -0.05) is 13.8 Å². The van der Waals surface area contributed by atoms with E-state index in [1.807, 2.05) is 25.7 Å². The molecular weight excluding hydrogens is 410 g/mol. The Hall–Kier alpha value is -2.61. The van der Waals surface area contributed by atoms with E-state index in [0.29, 0.717) is 36.5 Å². The SMILES string of the molecule is CCC(=O)N1C[C@H](C)[C@H](OC)CN(C)C(=O)c2cc(NC(=O)C3CC3)ccc2OC[C@@H]1C. The third-order valence-corrected chi connectivity index (χ3v) is 6.28. The van der Waals surface area contributed by atoms with Crippen molar-refractivity contribution in [3.05, 3.63) is 23.8 Å². The quantitative estimate of drug-likeness (QED) is 0.770. The summed E-state index contributed by atoms with van der Waals surface area (Å²) in [6.07, 6.45) is 1.99. The lowest BCUT2D eigenvalue weighted by molar-refractivity contribution is -0.135. The Morgan fingerprint density at radius 3 is 2.56 bits per heavy atom. The molecule has 32 heavy (non-hydrogen) atoms. The van der Waals surface area contributed by atoms with E-state index in [-0.39, 0.29) is 48.3 Å². The van der Waals surface area contributed by atoms with Gasteiger partial charge in [0.05, 0.1) is 17.7 Å². The first-order valence-electron chi connectivity index (χ1n) is 11.4. The van der Waals surface area contributed by atoms with Crippen molar-refractivity contribution < 1.29 is 23.9 Å². The molecule has 0 unspecified atom stereocenters. The van der Waals surface area contributed by atoms with Crippen molar-refractivity contribution in [2.75, 3.05) is 39.2 Å². The van der Waals surface area contributed by atoms with E-state index in [9.17, 15) is 14.4 Å². The first-order chi connectivity index (χ1) is 15.2. The molecule has 0 aromatic heterocycles. The molecule has 1 saturated carbocycles. The third-order valence-electron chi connectivity index (χ3n) is 6.28. The molecule has 0 radical (unpaired) electrons. The molecule has 8 heteroatoms. The fourth-order valence-electron chi connectivity index (χ4n) is 3.99. The fraction of sp³-hybridized carbons (Fsp3) is 0.625. The number of methoxy groups -OCH3 is 1. The fourth-order valence-corrected chi connectivity index (χ4v) is 3.99. The van der Waals surface area contributed by atoms with Crippen LogP contribution in [0.5, 0.6) is 5.75 Å². The Balaban J connectivity index is 1.93. The van der Waals surface area contributed by atoms with Crippen molar-refractivity contribution >= 4 is 23.4 Å². The molecule has 3 rings (SSSR count). The molecular formula is C24H35N3O5. The van der Waals surface area contributed by atoms with Crippen molar-refractivity contribution in [2.45, 2.75) is 52.2 Å². The van der Waals surface area contributed by atoms with Crippen molar-refractivity contribution in [1.82, 2.24) is 9.80 Å². The molecule has 1 aromatic rings. The minimum atomic E-state index is -0.232. The lowest BCUT2D eigenvalue weighted by Crippen LogP contribution is -2.48. The van der Waals surface area contributed by atoms with Crippen LogP contribution in [0.1, 0.15) is 50.4 Å². The maximum absolute atomic E-state index is 13.3. The van der Waals surface area contributed by atoms with Crippen molar-refractivity contribution in [3.63, 3.8) is 0 Å². The van der Waals surface area contributed by atoms with E-state index < -0.39 is 0 Å². The molecule has 1 aromatic carbocycles. The zero-order chi connectivity index (χ0) is 23.4. The summed E-state index contributed by atoms with van der Waals surface area (Å²) >= 11 is 0. The van der Waals surface area contributed by atoms with E-state index in [2.05, 4.69) is 5.32 Å². The number of nitrogens with one attached hydrogen (secondary N) is 1. The second kappa shape index (κ2) is 10.3. The summed E-state index contributed by atoms with van der Waals surface area (Å²) < 4.78 is 11.7. The van der Waals surface area contributed by atoms with Crippen LogP contribution in [-0.4, -0.2) is 73.5 Å². The van der Waals surface area contributed by atoms with Crippen LogP contribution >= 0.6 is 0 Å². The molecule has 1 N–H and O–H groups in total. The minimum absolute atomic E-state index is 0.0181. The highest BCUT2D eigenvalue weighted by Gasteiger charge is 2.31. The largest absolute Gasteiger partial charge is 0.491 e. The third kappa shape index (κ3) is 5.59. The number of hydrogen-bond donors (Lipinski definition) is 1. The maximum Gasteiger partial charge on any atom is 0.257 e. The monoisotopic (exact) mass is 445 g/mol. The molecule has 0 spiro atoms. The number of nitrogens with zero attached hydrogens (tertiary/aromatic N) is 2. The summed E-state index contributed by atoms with van der Waals surface area (Å²) in [5.41, 5.74) is 0.954. The van der Waals surface area contributed by atoms with Gasteiger partial charge < -0.3 is 24.6 Å². The molecule has 176 valence electrons. The number of fused-ring (bicyclic) bond motifs is 1. The van der Waals surface area contributed by atoms with Crippen molar-refractivity contribution in [2.24, 2.45) is 11.8 Å². The molecule has 8 nitrogen and oxygen atoms in total. The maximum atomic E-state index is 13.3. The zero-order valence-electron chi connectivity index (χ0n) is 19.7. The number of carbonyl (C=O) groups excluding carboxylic acids is 3. The summed E-state index contributed by atoms with van der Waals surface area (Å²) in [6, 6.07) is 4.96. The molecule has 0 saturated heterocycles. The van der Waals surface area contributed by atoms with Crippen LogP contribution in [0.2, 0.25) is 0 Å². The summed E-state index contributed by atoms with van der Waals surface area (Å²) in [4.78, 5) is 41.6. The Morgan fingerprint density at radius 2 is 1.94 bits per heavy atom. The van der Waals surface area contributed by atoms with Crippen LogP contribution in [0.3, 0.4) is 0 Å². The van der Waals surface area contributed by atoms with Gasteiger partial charge in [0.1, 0.15) is 12.4 Å². The van der Waals surface area contributed by atoms with E-state index >= 15 is 0 Å². The topological polar surface area (TPSA) is 88.2 Å². The van der Waals surface area contributed by atoms with Gasteiger partial charge in [-0.2, -0.15) is 0 Å². The van der Waals surface area contributed by atoms with E-state index in [1.165, 1.54) is 0 Å². The van der Waals surface area contributed by atoms with Crippen LogP contribution in [0.4, 0.5) is 5.69 Å². The van der Waals surface area contributed by atoms with E-state index in [1.54, 1.807) is 37.3 Å². The van der Waals surface area contributed by atoms with Crippen LogP contribution in [0, 0.1) is 11.8 Å². The average molecular weight is 446 g/mol. The second-order valence-electron chi connectivity index (χ2n) is 8.97. The Labute approximate surface area is 190 Å².